The number of aliphatic hydroxyl groups is 4. The quantitative estimate of drug-likeness (QED) is 0.298. The summed E-state index contributed by atoms with van der Waals surface area (Å²) in [5.41, 5.74) is -2.94. The molecule has 118 valence electrons. The highest BCUT2D eigenvalue weighted by molar-refractivity contribution is 6.15. The molecule has 1 aliphatic rings. The van der Waals surface area contributed by atoms with E-state index in [4.69, 9.17) is 9.84 Å². The van der Waals surface area contributed by atoms with Crippen LogP contribution in [-0.4, -0.2) is 71.7 Å². The molecule has 11 heteroatoms. The maximum Gasteiger partial charge on any atom is 0.326 e. The Morgan fingerprint density at radius 3 is 2.43 bits per heavy atom. The standard InChI is InChI=1S/C10H15FN2O7Si/c11-3-6(12-9(19)13-8(3)18)10(21)7(17)5(16)4(15)2(1-14)20-10/h2,4-5,7,14-17H,1H2,21H3,(H2,12,13,18,19)/t2-,4+,5+,7-,10?/m1/s1. The number of halogens is 1. The van der Waals surface area contributed by atoms with E-state index in [0.29, 0.717) is 0 Å². The molecule has 1 saturated heterocycles. The van der Waals surface area contributed by atoms with E-state index in [2.05, 4.69) is 0 Å². The number of H-pyrrole nitrogens is 2. The molecule has 2 rings (SSSR count). The second-order valence-corrected chi connectivity index (χ2v) is 6.45. The van der Waals surface area contributed by atoms with E-state index < -0.39 is 59.0 Å². The van der Waals surface area contributed by atoms with Gasteiger partial charge in [-0.2, -0.15) is 4.39 Å². The van der Waals surface area contributed by atoms with Crippen LogP contribution < -0.4 is 11.2 Å². The molecule has 2 heterocycles. The van der Waals surface area contributed by atoms with Crippen LogP contribution in [0.3, 0.4) is 0 Å². The Balaban J connectivity index is 2.60. The van der Waals surface area contributed by atoms with E-state index in [9.17, 15) is 29.3 Å². The van der Waals surface area contributed by atoms with Crippen LogP contribution in [0.4, 0.5) is 4.39 Å². The van der Waals surface area contributed by atoms with E-state index in [1.165, 1.54) is 0 Å². The van der Waals surface area contributed by atoms with Crippen LogP contribution in [0.2, 0.25) is 0 Å². The minimum absolute atomic E-state index is 0.149. The highest BCUT2D eigenvalue weighted by Gasteiger charge is 2.53. The zero-order valence-electron chi connectivity index (χ0n) is 10.9. The van der Waals surface area contributed by atoms with Gasteiger partial charge in [0, 0.05) is 0 Å². The van der Waals surface area contributed by atoms with E-state index >= 15 is 0 Å². The van der Waals surface area contributed by atoms with Gasteiger partial charge in [-0.1, -0.05) is 0 Å². The molecule has 0 bridgehead atoms. The van der Waals surface area contributed by atoms with Crippen LogP contribution in [0.5, 0.6) is 0 Å². The summed E-state index contributed by atoms with van der Waals surface area (Å²) < 4.78 is 19.2. The van der Waals surface area contributed by atoms with Gasteiger partial charge in [0.2, 0.25) is 5.82 Å². The van der Waals surface area contributed by atoms with Crippen molar-refractivity contribution in [2.75, 3.05) is 6.61 Å². The molecule has 0 aliphatic carbocycles. The molecule has 0 saturated carbocycles. The van der Waals surface area contributed by atoms with Gasteiger partial charge in [-0.3, -0.25) is 9.78 Å². The lowest BCUT2D eigenvalue weighted by molar-refractivity contribution is -0.251. The number of hydrogen-bond acceptors (Lipinski definition) is 7. The first-order valence-corrected chi connectivity index (χ1v) is 7.07. The van der Waals surface area contributed by atoms with E-state index in [-0.39, 0.29) is 10.2 Å². The lowest BCUT2D eigenvalue weighted by atomic mass is 9.92. The molecule has 1 fully saturated rings. The lowest BCUT2D eigenvalue weighted by Crippen LogP contribution is -2.64. The van der Waals surface area contributed by atoms with Crippen LogP contribution in [0, 0.1) is 5.82 Å². The van der Waals surface area contributed by atoms with Crippen molar-refractivity contribution in [3.63, 3.8) is 0 Å². The monoisotopic (exact) mass is 322 g/mol. The fourth-order valence-corrected chi connectivity index (χ4v) is 3.34. The van der Waals surface area contributed by atoms with Crippen molar-refractivity contribution >= 4 is 10.2 Å². The summed E-state index contributed by atoms with van der Waals surface area (Å²) in [6, 6.07) is 0. The minimum Gasteiger partial charge on any atom is -0.394 e. The molecule has 1 aromatic heterocycles. The minimum atomic E-state index is -1.90. The van der Waals surface area contributed by atoms with Crippen LogP contribution in [0.1, 0.15) is 5.69 Å². The average Bonchev–Trinajstić information content (AvgIpc) is 2.44. The fourth-order valence-electron chi connectivity index (χ4n) is 2.35. The van der Waals surface area contributed by atoms with Crippen molar-refractivity contribution in [1.29, 1.82) is 0 Å². The predicted molar refractivity (Wildman–Crippen MR) is 69.2 cm³/mol. The van der Waals surface area contributed by atoms with Crippen LogP contribution in [0.15, 0.2) is 9.59 Å². The second-order valence-electron chi connectivity index (χ2n) is 4.97. The first kappa shape index (κ1) is 16.0. The van der Waals surface area contributed by atoms with Crippen LogP contribution in [-0.2, 0) is 9.96 Å². The first-order valence-electron chi connectivity index (χ1n) is 6.07. The molecule has 5 atom stereocenters. The van der Waals surface area contributed by atoms with Gasteiger partial charge < -0.3 is 30.1 Å². The third-order valence-corrected chi connectivity index (χ3v) is 4.90. The van der Waals surface area contributed by atoms with Gasteiger partial charge in [-0.15, -0.1) is 0 Å². The molecule has 9 nitrogen and oxygen atoms in total. The molecule has 1 aliphatic heterocycles. The Bertz CT molecular complexity index is 647. The summed E-state index contributed by atoms with van der Waals surface area (Å²) in [7, 11) is -0.149. The van der Waals surface area contributed by atoms with Crippen LogP contribution in [0.25, 0.3) is 0 Å². The third kappa shape index (κ3) is 2.47. The fraction of sp³-hybridized carbons (Fsp3) is 0.600. The topological polar surface area (TPSA) is 156 Å². The molecule has 1 unspecified atom stereocenters. The summed E-state index contributed by atoms with van der Waals surface area (Å²) in [4.78, 5) is 26.3. The molecule has 0 aromatic carbocycles. The molecule has 0 amide bonds. The highest BCUT2D eigenvalue weighted by Crippen LogP contribution is 2.35. The number of rotatable bonds is 2. The summed E-state index contributed by atoms with van der Waals surface area (Å²) >= 11 is 0. The zero-order valence-corrected chi connectivity index (χ0v) is 12.9. The van der Waals surface area contributed by atoms with Crippen molar-refractivity contribution in [2.24, 2.45) is 0 Å². The molecule has 6 N–H and O–H groups in total. The Labute approximate surface area is 119 Å². The maximum absolute atomic E-state index is 14.0. The number of aliphatic hydroxyl groups excluding tert-OH is 4. The zero-order chi connectivity index (χ0) is 15.9. The second kappa shape index (κ2) is 5.44. The van der Waals surface area contributed by atoms with Gasteiger partial charge in [-0.25, -0.2) is 4.79 Å². The first-order chi connectivity index (χ1) is 9.72. The Hall–Kier alpha value is -1.37. The number of hydrogen-bond donors (Lipinski definition) is 6. The summed E-state index contributed by atoms with van der Waals surface area (Å²) in [6.45, 7) is -0.704. The van der Waals surface area contributed by atoms with Gasteiger partial charge in [0.1, 0.15) is 29.6 Å². The molecule has 21 heavy (non-hydrogen) atoms. The predicted octanol–water partition coefficient (Wildman–Crippen LogP) is -4.81. The van der Waals surface area contributed by atoms with Gasteiger partial charge in [0.15, 0.2) is 0 Å². The number of aromatic nitrogens is 2. The number of nitrogens with one attached hydrogen (secondary N) is 2. The average molecular weight is 322 g/mol. The Morgan fingerprint density at radius 2 is 1.86 bits per heavy atom. The Kier molecular flexibility index (Phi) is 4.14. The smallest absolute Gasteiger partial charge is 0.326 e. The summed E-state index contributed by atoms with van der Waals surface area (Å²) in [5.74, 6) is -1.37. The summed E-state index contributed by atoms with van der Waals surface area (Å²) in [6.07, 6.45) is -6.42. The molecule has 0 spiro atoms. The van der Waals surface area contributed by atoms with Crippen LogP contribution >= 0.6 is 0 Å². The van der Waals surface area contributed by atoms with Crippen molar-refractivity contribution in [3.8, 4) is 0 Å². The number of aromatic amines is 2. The maximum atomic E-state index is 14.0. The van der Waals surface area contributed by atoms with Gasteiger partial charge >= 0.3 is 5.69 Å². The normalized spacial score (nSPS) is 36.8. The van der Waals surface area contributed by atoms with E-state index in [1.54, 1.807) is 4.98 Å². The largest absolute Gasteiger partial charge is 0.394 e. The molecular formula is C10H15FN2O7Si. The van der Waals surface area contributed by atoms with E-state index in [1.807, 2.05) is 4.98 Å². The lowest BCUT2D eigenvalue weighted by Gasteiger charge is -2.46. The van der Waals surface area contributed by atoms with Gasteiger partial charge in [0.05, 0.1) is 22.5 Å². The SMILES string of the molecule is O=c1[nH]c(C2([SiH3])O[C@H](CO)[C@H](O)[C@H](O)[C@H]2O)c(F)c(=O)[nH]1. The van der Waals surface area contributed by atoms with Crippen molar-refractivity contribution < 1.29 is 29.6 Å². The van der Waals surface area contributed by atoms with E-state index in [0.717, 1.165) is 0 Å². The number of ether oxygens (including phenoxy) is 1. The van der Waals surface area contributed by atoms with Crippen molar-refractivity contribution in [3.05, 3.63) is 32.3 Å². The third-order valence-electron chi connectivity index (χ3n) is 3.58. The molecule has 0 radical (unpaired) electrons. The Morgan fingerprint density at radius 1 is 1.24 bits per heavy atom. The van der Waals surface area contributed by atoms with Gasteiger partial charge in [-0.05, 0) is 0 Å². The molecular weight excluding hydrogens is 307 g/mol. The molecule has 1 aromatic rings. The summed E-state index contributed by atoms with van der Waals surface area (Å²) in [5, 5.41) is 36.7. The highest BCUT2D eigenvalue weighted by atomic mass is 28.1. The van der Waals surface area contributed by atoms with Crippen molar-refractivity contribution in [2.45, 2.75) is 29.6 Å². The van der Waals surface area contributed by atoms with Gasteiger partial charge in [0.25, 0.3) is 5.56 Å². The van der Waals surface area contributed by atoms with Crippen molar-refractivity contribution in [1.82, 2.24) is 9.97 Å².